The summed E-state index contributed by atoms with van der Waals surface area (Å²) in [5, 5.41) is 8.50. The molecule has 9 heteroatoms. The van der Waals surface area contributed by atoms with E-state index in [1.807, 2.05) is 17.5 Å². The normalized spacial score (nSPS) is 14.5. The van der Waals surface area contributed by atoms with Crippen LogP contribution in [0.15, 0.2) is 40.5 Å². The number of anilines is 2. The molecule has 0 bridgehead atoms. The van der Waals surface area contributed by atoms with E-state index in [4.69, 9.17) is 9.26 Å². The molecule has 0 aliphatic carbocycles. The highest BCUT2D eigenvalue weighted by Crippen LogP contribution is 2.25. The lowest BCUT2D eigenvalue weighted by atomic mass is 10.3. The molecule has 8 nitrogen and oxygen atoms in total. The van der Waals surface area contributed by atoms with E-state index < -0.39 is 0 Å². The van der Waals surface area contributed by atoms with Gasteiger partial charge in [-0.3, -0.25) is 4.79 Å². The lowest BCUT2D eigenvalue weighted by Crippen LogP contribution is -2.36. The monoisotopic (exact) mass is 357 g/mol. The van der Waals surface area contributed by atoms with E-state index in [0.29, 0.717) is 24.8 Å². The second kappa shape index (κ2) is 6.99. The molecule has 3 aromatic rings. The number of aromatic nitrogens is 3. The van der Waals surface area contributed by atoms with Gasteiger partial charge in [-0.25, -0.2) is 9.97 Å². The molecule has 1 amide bonds. The number of thiophene rings is 1. The van der Waals surface area contributed by atoms with Crippen LogP contribution < -0.4 is 10.2 Å². The standard InChI is InChI=1S/C16H15N5O3S/c22-16(11-8-12(24-20-11)13-2-1-7-25-13)19-14-9-15(18-10-17-14)21-3-5-23-6-4-21/h1-2,7-10H,3-6H2,(H,17,18,19,22). The van der Waals surface area contributed by atoms with Crippen molar-refractivity contribution in [3.63, 3.8) is 0 Å². The third-order valence-corrected chi connectivity index (χ3v) is 4.62. The fourth-order valence-corrected chi connectivity index (χ4v) is 3.15. The van der Waals surface area contributed by atoms with Crippen molar-refractivity contribution in [1.82, 2.24) is 15.1 Å². The molecule has 25 heavy (non-hydrogen) atoms. The predicted octanol–water partition coefficient (Wildman–Crippen LogP) is 2.28. The minimum atomic E-state index is -0.377. The smallest absolute Gasteiger partial charge is 0.279 e. The Labute approximate surface area is 147 Å². The third-order valence-electron chi connectivity index (χ3n) is 3.74. The van der Waals surface area contributed by atoms with Gasteiger partial charge in [0.2, 0.25) is 0 Å². The average Bonchev–Trinajstić information content (AvgIpc) is 3.34. The van der Waals surface area contributed by atoms with Crippen molar-refractivity contribution in [3.8, 4) is 10.6 Å². The quantitative estimate of drug-likeness (QED) is 0.765. The second-order valence-corrected chi connectivity index (χ2v) is 6.32. The van der Waals surface area contributed by atoms with Gasteiger partial charge in [0.05, 0.1) is 18.1 Å². The summed E-state index contributed by atoms with van der Waals surface area (Å²) in [6.07, 6.45) is 1.43. The maximum atomic E-state index is 12.4. The number of carbonyl (C=O) groups is 1. The Morgan fingerprint density at radius 2 is 2.12 bits per heavy atom. The van der Waals surface area contributed by atoms with Gasteiger partial charge in [0.25, 0.3) is 5.91 Å². The average molecular weight is 357 g/mol. The van der Waals surface area contributed by atoms with Crippen LogP contribution in [-0.4, -0.2) is 47.3 Å². The zero-order valence-corrected chi connectivity index (χ0v) is 14.0. The van der Waals surface area contributed by atoms with Gasteiger partial charge in [-0.05, 0) is 11.4 Å². The molecule has 0 saturated carbocycles. The first-order chi connectivity index (χ1) is 12.3. The van der Waals surface area contributed by atoms with Gasteiger partial charge in [-0.2, -0.15) is 0 Å². The summed E-state index contributed by atoms with van der Waals surface area (Å²) >= 11 is 1.52. The van der Waals surface area contributed by atoms with E-state index in [1.165, 1.54) is 17.7 Å². The fourth-order valence-electron chi connectivity index (χ4n) is 2.48. The van der Waals surface area contributed by atoms with Crippen molar-refractivity contribution in [2.75, 3.05) is 36.5 Å². The van der Waals surface area contributed by atoms with Crippen LogP contribution in [-0.2, 0) is 4.74 Å². The number of amides is 1. The molecular weight excluding hydrogens is 342 g/mol. The van der Waals surface area contributed by atoms with Crippen molar-refractivity contribution in [2.45, 2.75) is 0 Å². The van der Waals surface area contributed by atoms with E-state index in [1.54, 1.807) is 12.1 Å². The van der Waals surface area contributed by atoms with E-state index in [0.717, 1.165) is 23.8 Å². The van der Waals surface area contributed by atoms with Crippen molar-refractivity contribution in [1.29, 1.82) is 0 Å². The number of rotatable bonds is 4. The molecule has 4 rings (SSSR count). The zero-order chi connectivity index (χ0) is 17.1. The Morgan fingerprint density at radius 3 is 2.92 bits per heavy atom. The number of nitrogens with one attached hydrogen (secondary N) is 1. The van der Waals surface area contributed by atoms with Crippen molar-refractivity contribution >= 4 is 28.9 Å². The molecule has 0 aromatic carbocycles. The Hall–Kier alpha value is -2.78. The van der Waals surface area contributed by atoms with Gasteiger partial charge in [0, 0.05) is 25.2 Å². The first kappa shape index (κ1) is 15.7. The second-order valence-electron chi connectivity index (χ2n) is 5.37. The topological polar surface area (TPSA) is 93.4 Å². The van der Waals surface area contributed by atoms with Crippen LogP contribution in [0.5, 0.6) is 0 Å². The first-order valence-electron chi connectivity index (χ1n) is 7.76. The molecule has 1 N–H and O–H groups in total. The summed E-state index contributed by atoms with van der Waals surface area (Å²) in [7, 11) is 0. The molecule has 1 aliphatic heterocycles. The molecule has 3 aromatic heterocycles. The molecule has 1 fully saturated rings. The number of carbonyl (C=O) groups excluding carboxylic acids is 1. The molecule has 0 spiro atoms. The number of nitrogens with zero attached hydrogens (tertiary/aromatic N) is 4. The molecule has 1 saturated heterocycles. The van der Waals surface area contributed by atoms with Gasteiger partial charge in [-0.1, -0.05) is 11.2 Å². The number of hydrogen-bond acceptors (Lipinski definition) is 8. The van der Waals surface area contributed by atoms with E-state index in [9.17, 15) is 4.79 Å². The third kappa shape index (κ3) is 3.52. The summed E-state index contributed by atoms with van der Waals surface area (Å²) < 4.78 is 10.6. The van der Waals surface area contributed by atoms with E-state index in [-0.39, 0.29) is 11.6 Å². The SMILES string of the molecule is O=C(Nc1cc(N2CCOCC2)ncn1)c1cc(-c2cccs2)on1. The van der Waals surface area contributed by atoms with Crippen LogP contribution in [0.25, 0.3) is 10.6 Å². The summed E-state index contributed by atoms with van der Waals surface area (Å²) in [4.78, 5) is 23.7. The van der Waals surface area contributed by atoms with Crippen LogP contribution in [0.3, 0.4) is 0 Å². The largest absolute Gasteiger partial charge is 0.378 e. The lowest BCUT2D eigenvalue weighted by Gasteiger charge is -2.27. The maximum Gasteiger partial charge on any atom is 0.279 e. The minimum absolute atomic E-state index is 0.204. The van der Waals surface area contributed by atoms with Gasteiger partial charge in [-0.15, -0.1) is 11.3 Å². The van der Waals surface area contributed by atoms with Crippen LogP contribution >= 0.6 is 11.3 Å². The van der Waals surface area contributed by atoms with Crippen LogP contribution in [0.2, 0.25) is 0 Å². The zero-order valence-electron chi connectivity index (χ0n) is 13.2. The first-order valence-corrected chi connectivity index (χ1v) is 8.64. The molecule has 128 valence electrons. The molecule has 0 radical (unpaired) electrons. The summed E-state index contributed by atoms with van der Waals surface area (Å²) in [5.74, 6) is 1.37. The molecule has 0 unspecified atom stereocenters. The van der Waals surface area contributed by atoms with Gasteiger partial charge < -0.3 is 19.5 Å². The Balaban J connectivity index is 1.47. The highest BCUT2D eigenvalue weighted by Gasteiger charge is 2.17. The van der Waals surface area contributed by atoms with Crippen LogP contribution in [0.1, 0.15) is 10.5 Å². The molecular formula is C16H15N5O3S. The molecule has 0 atom stereocenters. The Morgan fingerprint density at radius 1 is 1.24 bits per heavy atom. The molecule has 1 aliphatic rings. The fraction of sp³-hybridized carbons (Fsp3) is 0.250. The van der Waals surface area contributed by atoms with E-state index in [2.05, 4.69) is 25.3 Å². The van der Waals surface area contributed by atoms with Crippen LogP contribution in [0.4, 0.5) is 11.6 Å². The van der Waals surface area contributed by atoms with Crippen molar-refractivity contribution in [3.05, 3.63) is 41.7 Å². The van der Waals surface area contributed by atoms with Crippen LogP contribution in [0, 0.1) is 0 Å². The van der Waals surface area contributed by atoms with Gasteiger partial charge in [0.1, 0.15) is 18.0 Å². The Bertz CT molecular complexity index is 858. The number of ether oxygens (including phenoxy) is 1. The summed E-state index contributed by atoms with van der Waals surface area (Å²) in [5.41, 5.74) is 0.204. The van der Waals surface area contributed by atoms with Gasteiger partial charge >= 0.3 is 0 Å². The highest BCUT2D eigenvalue weighted by atomic mass is 32.1. The highest BCUT2D eigenvalue weighted by molar-refractivity contribution is 7.13. The lowest BCUT2D eigenvalue weighted by molar-refractivity contribution is 0.101. The minimum Gasteiger partial charge on any atom is -0.378 e. The number of morpholine rings is 1. The predicted molar refractivity (Wildman–Crippen MR) is 92.8 cm³/mol. The van der Waals surface area contributed by atoms with Gasteiger partial charge in [0.15, 0.2) is 11.5 Å². The van der Waals surface area contributed by atoms with Crippen molar-refractivity contribution < 1.29 is 14.1 Å². The summed E-state index contributed by atoms with van der Waals surface area (Å²) in [6.45, 7) is 2.85. The van der Waals surface area contributed by atoms with E-state index >= 15 is 0 Å². The number of hydrogen-bond donors (Lipinski definition) is 1. The summed E-state index contributed by atoms with van der Waals surface area (Å²) in [6, 6.07) is 7.18. The van der Waals surface area contributed by atoms with Crippen molar-refractivity contribution in [2.24, 2.45) is 0 Å². The maximum absolute atomic E-state index is 12.4. The molecule has 4 heterocycles. The Kier molecular flexibility index (Phi) is 4.40.